The zero-order valence-corrected chi connectivity index (χ0v) is 15.1. The topological polar surface area (TPSA) is 40.6 Å². The van der Waals surface area contributed by atoms with Crippen LogP contribution >= 0.6 is 0 Å². The fraction of sp³-hybridized carbons (Fsp3) is 0.333. The van der Waals surface area contributed by atoms with Crippen LogP contribution in [0.2, 0.25) is 0 Å². The van der Waals surface area contributed by atoms with Gasteiger partial charge in [-0.25, -0.2) is 13.2 Å². The van der Waals surface area contributed by atoms with Crippen LogP contribution in [0.1, 0.15) is 28.3 Å². The molecule has 1 heterocycles. The summed E-state index contributed by atoms with van der Waals surface area (Å²) in [5.41, 5.74) is 0.792. The van der Waals surface area contributed by atoms with Crippen LogP contribution in [0.3, 0.4) is 0 Å². The molecule has 0 bridgehead atoms. The fourth-order valence-electron chi connectivity index (χ4n) is 3.74. The van der Waals surface area contributed by atoms with E-state index in [1.807, 2.05) is 0 Å². The van der Waals surface area contributed by atoms with Crippen molar-refractivity contribution in [3.8, 4) is 0 Å². The number of hydrogen-bond acceptors (Lipinski definition) is 2. The Morgan fingerprint density at radius 2 is 1.43 bits per heavy atom. The number of halogens is 3. The van der Waals surface area contributed by atoms with E-state index in [1.165, 1.54) is 17.0 Å². The molecular weight excluding hydrogens is 369 g/mol. The van der Waals surface area contributed by atoms with E-state index in [9.17, 15) is 22.8 Å². The minimum atomic E-state index is -0.886. The molecule has 146 valence electrons. The quantitative estimate of drug-likeness (QED) is 0.810. The first-order valence-electron chi connectivity index (χ1n) is 9.22. The van der Waals surface area contributed by atoms with Crippen molar-refractivity contribution in [3.63, 3.8) is 0 Å². The molecule has 2 unspecified atom stereocenters. The van der Waals surface area contributed by atoms with Crippen LogP contribution < -0.4 is 0 Å². The van der Waals surface area contributed by atoms with Crippen LogP contribution in [0, 0.1) is 23.4 Å². The third kappa shape index (κ3) is 3.61. The molecule has 1 aliphatic carbocycles. The first kappa shape index (κ1) is 18.5. The highest BCUT2D eigenvalue weighted by Gasteiger charge is 2.46. The van der Waals surface area contributed by atoms with Crippen molar-refractivity contribution in [2.24, 2.45) is 5.92 Å². The molecule has 2 atom stereocenters. The zero-order chi connectivity index (χ0) is 19.8. The molecule has 2 aromatic carbocycles. The molecule has 0 radical (unpaired) electrons. The molecule has 2 fully saturated rings. The van der Waals surface area contributed by atoms with Crippen molar-refractivity contribution in [2.75, 3.05) is 26.2 Å². The summed E-state index contributed by atoms with van der Waals surface area (Å²) in [6.07, 6.45) is 0.740. The maximum absolute atomic E-state index is 13.8. The van der Waals surface area contributed by atoms with E-state index in [0.29, 0.717) is 32.2 Å². The Bertz CT molecular complexity index is 908. The van der Waals surface area contributed by atoms with Crippen LogP contribution in [-0.2, 0) is 4.79 Å². The molecule has 2 aliphatic rings. The van der Waals surface area contributed by atoms with Gasteiger partial charge in [0, 0.05) is 38.2 Å². The van der Waals surface area contributed by atoms with Gasteiger partial charge in [-0.3, -0.25) is 9.59 Å². The predicted octanol–water partition coefficient (Wildman–Crippen LogP) is 3.19. The monoisotopic (exact) mass is 388 g/mol. The minimum Gasteiger partial charge on any atom is -0.339 e. The summed E-state index contributed by atoms with van der Waals surface area (Å²) in [5, 5.41) is 0. The van der Waals surface area contributed by atoms with E-state index in [4.69, 9.17) is 0 Å². The van der Waals surface area contributed by atoms with Gasteiger partial charge in [-0.2, -0.15) is 0 Å². The lowest BCUT2D eigenvalue weighted by molar-refractivity contribution is -0.134. The van der Waals surface area contributed by atoms with E-state index < -0.39 is 17.5 Å². The number of amides is 2. The van der Waals surface area contributed by atoms with Gasteiger partial charge in [0.1, 0.15) is 17.5 Å². The summed E-state index contributed by atoms with van der Waals surface area (Å²) in [6, 6.07) is 9.10. The molecule has 1 aliphatic heterocycles. The van der Waals surface area contributed by atoms with Crippen LogP contribution in [0.5, 0.6) is 0 Å². The number of carbonyl (C=O) groups is 2. The highest BCUT2D eigenvalue weighted by molar-refractivity contribution is 5.94. The Morgan fingerprint density at radius 3 is 2.07 bits per heavy atom. The number of nitrogens with zero attached hydrogens (tertiary/aromatic N) is 2. The lowest BCUT2D eigenvalue weighted by Crippen LogP contribution is -2.51. The summed E-state index contributed by atoms with van der Waals surface area (Å²) in [6.45, 7) is 1.35. The SMILES string of the molecule is O=C(c1ccc(F)cc1F)N1CCN(C(=O)C2CC2c2ccc(F)cc2)CC1. The Hall–Kier alpha value is -2.83. The van der Waals surface area contributed by atoms with Crippen molar-refractivity contribution in [1.82, 2.24) is 9.80 Å². The number of piperazine rings is 1. The lowest BCUT2D eigenvalue weighted by atomic mass is 10.1. The van der Waals surface area contributed by atoms with Gasteiger partial charge in [0.2, 0.25) is 5.91 Å². The van der Waals surface area contributed by atoms with Gasteiger partial charge in [0.15, 0.2) is 0 Å². The molecule has 2 aromatic rings. The van der Waals surface area contributed by atoms with Gasteiger partial charge in [-0.15, -0.1) is 0 Å². The second kappa shape index (κ2) is 7.30. The molecule has 28 heavy (non-hydrogen) atoms. The first-order valence-corrected chi connectivity index (χ1v) is 9.22. The van der Waals surface area contributed by atoms with Gasteiger partial charge in [0.05, 0.1) is 5.56 Å². The van der Waals surface area contributed by atoms with Crippen molar-refractivity contribution in [3.05, 3.63) is 71.0 Å². The molecule has 1 saturated carbocycles. The van der Waals surface area contributed by atoms with Gasteiger partial charge >= 0.3 is 0 Å². The summed E-state index contributed by atoms with van der Waals surface area (Å²) < 4.78 is 39.9. The number of benzene rings is 2. The Balaban J connectivity index is 1.33. The summed E-state index contributed by atoms with van der Waals surface area (Å²) >= 11 is 0. The predicted molar refractivity (Wildman–Crippen MR) is 96.1 cm³/mol. The molecule has 1 saturated heterocycles. The van der Waals surface area contributed by atoms with Crippen molar-refractivity contribution in [2.45, 2.75) is 12.3 Å². The van der Waals surface area contributed by atoms with Crippen molar-refractivity contribution < 1.29 is 22.8 Å². The fourth-order valence-corrected chi connectivity index (χ4v) is 3.74. The number of carbonyl (C=O) groups excluding carboxylic acids is 2. The lowest BCUT2D eigenvalue weighted by Gasteiger charge is -2.35. The first-order chi connectivity index (χ1) is 13.4. The Morgan fingerprint density at radius 1 is 0.821 bits per heavy atom. The number of rotatable bonds is 3. The largest absolute Gasteiger partial charge is 0.339 e. The Labute approximate surface area is 160 Å². The molecule has 2 amide bonds. The molecule has 4 rings (SSSR count). The molecule has 0 aromatic heterocycles. The molecule has 7 heteroatoms. The Kier molecular flexibility index (Phi) is 4.83. The highest BCUT2D eigenvalue weighted by atomic mass is 19.1. The second-order valence-corrected chi connectivity index (χ2v) is 7.24. The summed E-state index contributed by atoms with van der Waals surface area (Å²) in [7, 11) is 0. The highest BCUT2D eigenvalue weighted by Crippen LogP contribution is 2.48. The van der Waals surface area contributed by atoms with Gasteiger partial charge in [-0.1, -0.05) is 12.1 Å². The molecule has 4 nitrogen and oxygen atoms in total. The molecule has 0 N–H and O–H groups in total. The smallest absolute Gasteiger partial charge is 0.256 e. The molecule has 0 spiro atoms. The van der Waals surface area contributed by atoms with Crippen LogP contribution in [0.4, 0.5) is 13.2 Å². The second-order valence-electron chi connectivity index (χ2n) is 7.24. The average molecular weight is 388 g/mol. The third-order valence-electron chi connectivity index (χ3n) is 5.45. The number of hydrogen-bond donors (Lipinski definition) is 0. The maximum atomic E-state index is 13.8. The normalized spacial score (nSPS) is 21.5. The van der Waals surface area contributed by atoms with Gasteiger partial charge in [-0.05, 0) is 42.2 Å². The minimum absolute atomic E-state index is 0.0365. The van der Waals surface area contributed by atoms with Crippen LogP contribution in [0.25, 0.3) is 0 Å². The summed E-state index contributed by atoms with van der Waals surface area (Å²) in [5.74, 6) is -2.38. The van der Waals surface area contributed by atoms with E-state index in [1.54, 1.807) is 17.0 Å². The zero-order valence-electron chi connectivity index (χ0n) is 15.1. The van der Waals surface area contributed by atoms with E-state index in [0.717, 1.165) is 24.1 Å². The van der Waals surface area contributed by atoms with Gasteiger partial charge < -0.3 is 9.80 Å². The van der Waals surface area contributed by atoms with Crippen molar-refractivity contribution >= 4 is 11.8 Å². The molecular formula is C21H19F3N2O2. The third-order valence-corrected chi connectivity index (χ3v) is 5.45. The standard InChI is InChI=1S/C21H19F3N2O2/c22-14-3-1-13(2-4-14)17-12-18(17)21(28)26-9-7-25(8-10-26)20(27)16-6-5-15(23)11-19(16)24/h1-6,11,17-18H,7-10,12H2. The van der Waals surface area contributed by atoms with Crippen LogP contribution in [-0.4, -0.2) is 47.8 Å². The average Bonchev–Trinajstić information content (AvgIpc) is 3.48. The van der Waals surface area contributed by atoms with E-state index in [2.05, 4.69) is 0 Å². The van der Waals surface area contributed by atoms with Crippen LogP contribution in [0.15, 0.2) is 42.5 Å². The maximum Gasteiger partial charge on any atom is 0.256 e. The van der Waals surface area contributed by atoms with Gasteiger partial charge in [0.25, 0.3) is 5.91 Å². The van der Waals surface area contributed by atoms with E-state index in [-0.39, 0.29) is 29.1 Å². The summed E-state index contributed by atoms with van der Waals surface area (Å²) in [4.78, 5) is 28.3. The van der Waals surface area contributed by atoms with Crippen molar-refractivity contribution in [1.29, 1.82) is 0 Å². The van der Waals surface area contributed by atoms with E-state index >= 15 is 0 Å².